The van der Waals surface area contributed by atoms with Crippen molar-refractivity contribution in [3.63, 3.8) is 0 Å². The van der Waals surface area contributed by atoms with E-state index in [9.17, 15) is 4.79 Å². The number of anilines is 1. The molecule has 1 fully saturated rings. The molecule has 2 atom stereocenters. The van der Waals surface area contributed by atoms with Crippen LogP contribution in [0, 0.1) is 5.92 Å². The lowest BCUT2D eigenvalue weighted by molar-refractivity contribution is -0.147. The summed E-state index contributed by atoms with van der Waals surface area (Å²) in [4.78, 5) is 13.0. The molecule has 4 nitrogen and oxygen atoms in total. The minimum Gasteiger partial charge on any atom is -0.489 e. The summed E-state index contributed by atoms with van der Waals surface area (Å²) in [5.74, 6) is 1.25. The van der Waals surface area contributed by atoms with Crippen LogP contribution in [0.5, 0.6) is 5.75 Å². The van der Waals surface area contributed by atoms with Gasteiger partial charge in [0, 0.05) is 12.3 Å². The van der Waals surface area contributed by atoms with E-state index >= 15 is 0 Å². The van der Waals surface area contributed by atoms with Crippen LogP contribution in [0.3, 0.4) is 0 Å². The van der Waals surface area contributed by atoms with E-state index in [1.807, 2.05) is 61.5 Å². The van der Waals surface area contributed by atoms with Gasteiger partial charge in [-0.05, 0) is 61.9 Å². The van der Waals surface area contributed by atoms with Crippen molar-refractivity contribution in [2.45, 2.75) is 51.7 Å². The summed E-state index contributed by atoms with van der Waals surface area (Å²) < 4.78 is 11.8. The van der Waals surface area contributed by atoms with Crippen molar-refractivity contribution in [2.24, 2.45) is 5.92 Å². The first-order valence-corrected chi connectivity index (χ1v) is 9.83. The first-order chi connectivity index (χ1) is 13.1. The molecule has 0 aliphatic heterocycles. The minimum absolute atomic E-state index is 0.0335. The molecule has 27 heavy (non-hydrogen) atoms. The van der Waals surface area contributed by atoms with Crippen LogP contribution >= 0.6 is 0 Å². The smallest absolute Gasteiger partial charge is 0.256 e. The molecule has 144 valence electrons. The van der Waals surface area contributed by atoms with E-state index in [0.717, 1.165) is 42.7 Å². The highest BCUT2D eigenvalue weighted by Crippen LogP contribution is 2.36. The molecule has 0 saturated heterocycles. The van der Waals surface area contributed by atoms with Gasteiger partial charge in [-0.2, -0.15) is 0 Å². The Hall–Kier alpha value is -2.33. The lowest BCUT2D eigenvalue weighted by Gasteiger charge is -2.38. The normalized spacial score (nSPS) is 22.2. The lowest BCUT2D eigenvalue weighted by atomic mass is 9.78. The first-order valence-electron chi connectivity index (χ1n) is 9.83. The highest BCUT2D eigenvalue weighted by molar-refractivity contribution is 5.97. The molecule has 3 rings (SSSR count). The number of nitrogens with one attached hydrogen (secondary N) is 1. The Balaban J connectivity index is 1.60. The second kappa shape index (κ2) is 9.05. The largest absolute Gasteiger partial charge is 0.489 e. The van der Waals surface area contributed by atoms with Crippen molar-refractivity contribution >= 4 is 11.6 Å². The second-order valence-electron chi connectivity index (χ2n) is 7.38. The number of hydrogen-bond acceptors (Lipinski definition) is 3. The Kier molecular flexibility index (Phi) is 6.51. The summed E-state index contributed by atoms with van der Waals surface area (Å²) in [6, 6.07) is 17.6. The summed E-state index contributed by atoms with van der Waals surface area (Å²) in [5, 5.41) is 3.04. The number of benzene rings is 2. The molecule has 0 bridgehead atoms. The van der Waals surface area contributed by atoms with Gasteiger partial charge in [0.25, 0.3) is 5.91 Å². The number of carbonyl (C=O) groups is 1. The maximum absolute atomic E-state index is 13.0. The number of ether oxygens (including phenoxy) is 2. The van der Waals surface area contributed by atoms with E-state index in [1.54, 1.807) is 0 Å². The molecule has 1 N–H and O–H groups in total. The topological polar surface area (TPSA) is 47.6 Å². The zero-order valence-corrected chi connectivity index (χ0v) is 16.2. The summed E-state index contributed by atoms with van der Waals surface area (Å²) in [6.45, 7) is 5.22. The molecule has 2 aromatic rings. The molecule has 4 heteroatoms. The van der Waals surface area contributed by atoms with Crippen LogP contribution in [-0.4, -0.2) is 18.1 Å². The first kappa shape index (κ1) is 19.4. The fourth-order valence-electron chi connectivity index (χ4n) is 3.80. The quantitative estimate of drug-likeness (QED) is 0.732. The molecule has 0 unspecified atom stereocenters. The monoisotopic (exact) mass is 367 g/mol. The number of amides is 1. The van der Waals surface area contributed by atoms with Crippen LogP contribution in [-0.2, 0) is 16.1 Å². The molecule has 2 aromatic carbocycles. The van der Waals surface area contributed by atoms with E-state index in [4.69, 9.17) is 9.47 Å². The van der Waals surface area contributed by atoms with Gasteiger partial charge in [0.2, 0.25) is 0 Å². The molecule has 1 aliphatic rings. The minimum atomic E-state index is -0.700. The third-order valence-corrected chi connectivity index (χ3v) is 5.15. The van der Waals surface area contributed by atoms with Crippen LogP contribution in [0.25, 0.3) is 0 Å². The van der Waals surface area contributed by atoms with E-state index < -0.39 is 5.60 Å². The fraction of sp³-hybridized carbons (Fsp3) is 0.435. The molecule has 1 amide bonds. The highest BCUT2D eigenvalue weighted by atomic mass is 16.5. The molecule has 0 aromatic heterocycles. The average Bonchev–Trinajstić information content (AvgIpc) is 2.68. The van der Waals surface area contributed by atoms with Crippen molar-refractivity contribution in [1.82, 2.24) is 0 Å². The van der Waals surface area contributed by atoms with Crippen LogP contribution in [0.15, 0.2) is 54.6 Å². The van der Waals surface area contributed by atoms with Gasteiger partial charge in [-0.3, -0.25) is 4.79 Å². The highest BCUT2D eigenvalue weighted by Gasteiger charge is 2.42. The van der Waals surface area contributed by atoms with Gasteiger partial charge in [0.15, 0.2) is 0 Å². The number of rotatable bonds is 7. The van der Waals surface area contributed by atoms with Crippen molar-refractivity contribution in [2.75, 3.05) is 11.9 Å². The van der Waals surface area contributed by atoms with Gasteiger partial charge in [-0.1, -0.05) is 43.7 Å². The Morgan fingerprint density at radius 1 is 1.15 bits per heavy atom. The molecular weight excluding hydrogens is 338 g/mol. The number of hydrogen-bond donors (Lipinski definition) is 1. The van der Waals surface area contributed by atoms with Crippen LogP contribution in [0.1, 0.15) is 45.1 Å². The van der Waals surface area contributed by atoms with Gasteiger partial charge < -0.3 is 14.8 Å². The van der Waals surface area contributed by atoms with Crippen molar-refractivity contribution in [3.8, 4) is 5.75 Å². The van der Waals surface area contributed by atoms with Crippen molar-refractivity contribution in [1.29, 1.82) is 0 Å². The molecule has 0 spiro atoms. The lowest BCUT2D eigenvalue weighted by Crippen LogP contribution is -2.48. The van der Waals surface area contributed by atoms with Crippen LogP contribution in [0.2, 0.25) is 0 Å². The fourth-order valence-corrected chi connectivity index (χ4v) is 3.80. The van der Waals surface area contributed by atoms with E-state index in [0.29, 0.717) is 19.1 Å². The number of carbonyl (C=O) groups excluding carboxylic acids is 1. The van der Waals surface area contributed by atoms with E-state index in [2.05, 4.69) is 12.2 Å². The average molecular weight is 367 g/mol. The zero-order valence-electron chi connectivity index (χ0n) is 16.2. The molecule has 1 aliphatic carbocycles. The summed E-state index contributed by atoms with van der Waals surface area (Å²) in [6.07, 6.45) is 3.76. The summed E-state index contributed by atoms with van der Waals surface area (Å²) in [7, 11) is 0. The molecule has 1 saturated carbocycles. The van der Waals surface area contributed by atoms with Gasteiger partial charge in [-0.25, -0.2) is 0 Å². The van der Waals surface area contributed by atoms with Gasteiger partial charge in [0.1, 0.15) is 18.0 Å². The van der Waals surface area contributed by atoms with Crippen molar-refractivity contribution < 1.29 is 14.3 Å². The van der Waals surface area contributed by atoms with Gasteiger partial charge in [-0.15, -0.1) is 0 Å². The third-order valence-electron chi connectivity index (χ3n) is 5.15. The summed E-state index contributed by atoms with van der Waals surface area (Å²) in [5.41, 5.74) is 1.19. The van der Waals surface area contributed by atoms with Crippen LogP contribution < -0.4 is 10.1 Å². The van der Waals surface area contributed by atoms with Gasteiger partial charge in [0.05, 0.1) is 0 Å². The molecule has 0 radical (unpaired) electrons. The standard InChI is InChI=1S/C23H29NO3/c1-3-27-23(15-7-8-18(2)16-23)22(25)24-20-11-13-21(14-12-20)26-17-19-9-5-4-6-10-19/h4-6,9-14,18H,3,7-8,15-17H2,1-2H3,(H,24,25)/t18-,23+/m1/s1. The maximum atomic E-state index is 13.0. The summed E-state index contributed by atoms with van der Waals surface area (Å²) >= 11 is 0. The predicted octanol–water partition coefficient (Wildman–Crippen LogP) is 5.19. The van der Waals surface area contributed by atoms with Gasteiger partial charge >= 0.3 is 0 Å². The Labute approximate surface area is 161 Å². The molecule has 0 heterocycles. The maximum Gasteiger partial charge on any atom is 0.256 e. The van der Waals surface area contributed by atoms with E-state index in [-0.39, 0.29) is 5.91 Å². The zero-order chi connectivity index (χ0) is 19.1. The van der Waals surface area contributed by atoms with Crippen molar-refractivity contribution in [3.05, 3.63) is 60.2 Å². The Morgan fingerprint density at radius 2 is 1.89 bits per heavy atom. The predicted molar refractivity (Wildman–Crippen MR) is 108 cm³/mol. The van der Waals surface area contributed by atoms with E-state index in [1.165, 1.54) is 0 Å². The molecular formula is C23H29NO3. The second-order valence-corrected chi connectivity index (χ2v) is 7.38. The third kappa shape index (κ3) is 5.10. The Morgan fingerprint density at radius 3 is 2.56 bits per heavy atom. The Bertz CT molecular complexity index is 725. The SMILES string of the molecule is CCO[C@@]1(C(=O)Nc2ccc(OCc3ccccc3)cc2)CCC[C@@H](C)C1. The van der Waals surface area contributed by atoms with Crippen LogP contribution in [0.4, 0.5) is 5.69 Å².